The van der Waals surface area contributed by atoms with Crippen molar-refractivity contribution in [3.63, 3.8) is 0 Å². The van der Waals surface area contributed by atoms with Gasteiger partial charge < -0.3 is 5.11 Å². The number of ketones is 1. The number of carbonyl (C=O) groups excluding carboxylic acids is 1. The Labute approximate surface area is 71.9 Å². The summed E-state index contributed by atoms with van der Waals surface area (Å²) in [6, 6.07) is 0. The van der Waals surface area contributed by atoms with E-state index in [-0.39, 0.29) is 18.0 Å². The van der Waals surface area contributed by atoms with Gasteiger partial charge in [0.25, 0.3) is 0 Å². The summed E-state index contributed by atoms with van der Waals surface area (Å²) in [4.78, 5) is 10.7. The molecule has 0 radical (unpaired) electrons. The maximum absolute atomic E-state index is 10.7. The Hall–Kier alpha value is -1.31. The predicted octanol–water partition coefficient (Wildman–Crippen LogP) is 2.29. The molecule has 0 saturated heterocycles. The SMILES string of the molecule is CC(=O)CC(O)=C1C=CC(C)=C1. The first-order valence-electron chi connectivity index (χ1n) is 3.87. The van der Waals surface area contributed by atoms with Crippen LogP contribution in [0.2, 0.25) is 0 Å². The Kier molecular flexibility index (Phi) is 2.48. The molecule has 12 heavy (non-hydrogen) atoms. The van der Waals surface area contributed by atoms with Crippen molar-refractivity contribution in [2.75, 3.05) is 0 Å². The van der Waals surface area contributed by atoms with Crippen LogP contribution in [0.1, 0.15) is 20.3 Å². The molecule has 1 N–H and O–H groups in total. The summed E-state index contributed by atoms with van der Waals surface area (Å²) in [6.07, 6.45) is 5.71. The molecular formula is C10H12O2. The molecule has 0 amide bonds. The van der Waals surface area contributed by atoms with Crippen molar-refractivity contribution in [3.8, 4) is 0 Å². The van der Waals surface area contributed by atoms with Crippen molar-refractivity contribution in [3.05, 3.63) is 35.1 Å². The van der Waals surface area contributed by atoms with Crippen LogP contribution in [-0.2, 0) is 4.79 Å². The lowest BCUT2D eigenvalue weighted by atomic mass is 10.1. The Morgan fingerprint density at radius 3 is 2.58 bits per heavy atom. The smallest absolute Gasteiger partial charge is 0.137 e. The van der Waals surface area contributed by atoms with Gasteiger partial charge in [0.1, 0.15) is 11.5 Å². The van der Waals surface area contributed by atoms with Gasteiger partial charge in [-0.1, -0.05) is 17.7 Å². The monoisotopic (exact) mass is 164 g/mol. The third kappa shape index (κ3) is 2.09. The first-order chi connectivity index (χ1) is 5.59. The molecule has 1 rings (SSSR count). The molecule has 0 aromatic carbocycles. The van der Waals surface area contributed by atoms with Gasteiger partial charge in [-0.05, 0) is 19.9 Å². The molecule has 2 nitrogen and oxygen atoms in total. The third-order valence-corrected chi connectivity index (χ3v) is 1.66. The summed E-state index contributed by atoms with van der Waals surface area (Å²) in [5.74, 6) is 0.141. The van der Waals surface area contributed by atoms with E-state index in [0.29, 0.717) is 0 Å². The number of Topliss-reactive ketones (excluding diaryl/α,β-unsaturated/α-hetero) is 1. The maximum atomic E-state index is 10.7. The largest absolute Gasteiger partial charge is 0.511 e. The highest BCUT2D eigenvalue weighted by Crippen LogP contribution is 2.18. The van der Waals surface area contributed by atoms with E-state index in [9.17, 15) is 9.90 Å². The zero-order valence-electron chi connectivity index (χ0n) is 7.29. The minimum Gasteiger partial charge on any atom is -0.511 e. The summed E-state index contributed by atoms with van der Waals surface area (Å²) in [5, 5.41) is 9.40. The molecule has 0 fully saturated rings. The quantitative estimate of drug-likeness (QED) is 0.636. The Morgan fingerprint density at radius 2 is 2.17 bits per heavy atom. The zero-order chi connectivity index (χ0) is 9.14. The Balaban J connectivity index is 2.79. The molecule has 0 bridgehead atoms. The molecule has 0 saturated carbocycles. The standard InChI is InChI=1S/C10H12O2/c1-7-3-4-9(5-7)10(12)6-8(2)11/h3-5,12H,6H2,1-2H3. The average molecular weight is 164 g/mol. The average Bonchev–Trinajstić information content (AvgIpc) is 2.34. The van der Waals surface area contributed by atoms with Gasteiger partial charge in [0.15, 0.2) is 0 Å². The molecule has 0 aromatic rings. The summed E-state index contributed by atoms with van der Waals surface area (Å²) < 4.78 is 0. The second-order valence-electron chi connectivity index (χ2n) is 3.00. The molecule has 0 heterocycles. The molecule has 0 aliphatic heterocycles. The Morgan fingerprint density at radius 1 is 1.50 bits per heavy atom. The molecule has 2 heteroatoms. The van der Waals surface area contributed by atoms with Crippen molar-refractivity contribution < 1.29 is 9.90 Å². The van der Waals surface area contributed by atoms with Crippen LogP contribution in [-0.4, -0.2) is 10.9 Å². The van der Waals surface area contributed by atoms with Crippen LogP contribution in [0.4, 0.5) is 0 Å². The second kappa shape index (κ2) is 3.39. The van der Waals surface area contributed by atoms with E-state index in [0.717, 1.165) is 11.1 Å². The zero-order valence-corrected chi connectivity index (χ0v) is 7.29. The minimum atomic E-state index is -0.0219. The van der Waals surface area contributed by atoms with Gasteiger partial charge in [0.05, 0.1) is 6.42 Å². The van der Waals surface area contributed by atoms with E-state index in [1.807, 2.05) is 25.2 Å². The van der Waals surface area contributed by atoms with Crippen LogP contribution >= 0.6 is 0 Å². The highest BCUT2D eigenvalue weighted by Gasteiger charge is 2.06. The van der Waals surface area contributed by atoms with Crippen molar-refractivity contribution in [1.82, 2.24) is 0 Å². The number of rotatable bonds is 2. The van der Waals surface area contributed by atoms with E-state index in [2.05, 4.69) is 0 Å². The van der Waals surface area contributed by atoms with Crippen molar-refractivity contribution in [2.45, 2.75) is 20.3 Å². The fraction of sp³-hybridized carbons (Fsp3) is 0.300. The Bertz CT molecular complexity index is 293. The van der Waals surface area contributed by atoms with Crippen LogP contribution in [0, 0.1) is 0 Å². The van der Waals surface area contributed by atoms with Crippen LogP contribution < -0.4 is 0 Å². The number of allylic oxidation sites excluding steroid dienone is 6. The summed E-state index contributed by atoms with van der Waals surface area (Å²) in [5.41, 5.74) is 1.85. The number of carbonyl (C=O) groups is 1. The third-order valence-electron chi connectivity index (χ3n) is 1.66. The number of hydrogen-bond acceptors (Lipinski definition) is 2. The van der Waals surface area contributed by atoms with Crippen molar-refractivity contribution >= 4 is 5.78 Å². The van der Waals surface area contributed by atoms with Crippen LogP contribution in [0.15, 0.2) is 35.1 Å². The van der Waals surface area contributed by atoms with E-state index >= 15 is 0 Å². The summed E-state index contributed by atoms with van der Waals surface area (Å²) in [6.45, 7) is 3.41. The van der Waals surface area contributed by atoms with Crippen LogP contribution in [0.5, 0.6) is 0 Å². The molecule has 1 aliphatic carbocycles. The predicted molar refractivity (Wildman–Crippen MR) is 47.8 cm³/mol. The van der Waals surface area contributed by atoms with Crippen molar-refractivity contribution in [2.24, 2.45) is 0 Å². The fourth-order valence-electron chi connectivity index (χ4n) is 1.08. The van der Waals surface area contributed by atoms with E-state index in [4.69, 9.17) is 0 Å². The lowest BCUT2D eigenvalue weighted by Crippen LogP contribution is -1.94. The van der Waals surface area contributed by atoms with E-state index in [1.54, 1.807) is 0 Å². The van der Waals surface area contributed by atoms with Gasteiger partial charge >= 0.3 is 0 Å². The molecule has 1 aliphatic rings. The summed E-state index contributed by atoms with van der Waals surface area (Å²) in [7, 11) is 0. The fourth-order valence-corrected chi connectivity index (χ4v) is 1.08. The van der Waals surface area contributed by atoms with Crippen molar-refractivity contribution in [1.29, 1.82) is 0 Å². The molecule has 0 spiro atoms. The molecule has 0 atom stereocenters. The van der Waals surface area contributed by atoms with E-state index < -0.39 is 0 Å². The highest BCUT2D eigenvalue weighted by molar-refractivity contribution is 5.78. The first-order valence-corrected chi connectivity index (χ1v) is 3.87. The maximum Gasteiger partial charge on any atom is 0.137 e. The van der Waals surface area contributed by atoms with E-state index in [1.165, 1.54) is 6.92 Å². The molecule has 64 valence electrons. The van der Waals surface area contributed by atoms with Crippen LogP contribution in [0.25, 0.3) is 0 Å². The lowest BCUT2D eigenvalue weighted by Gasteiger charge is -1.97. The number of hydrogen-bond donors (Lipinski definition) is 1. The van der Waals surface area contributed by atoms with Crippen LogP contribution in [0.3, 0.4) is 0 Å². The van der Waals surface area contributed by atoms with Gasteiger partial charge in [0.2, 0.25) is 0 Å². The molecule has 0 aromatic heterocycles. The highest BCUT2D eigenvalue weighted by atomic mass is 16.3. The minimum absolute atomic E-state index is 0.0219. The second-order valence-corrected chi connectivity index (χ2v) is 3.00. The normalized spacial score (nSPS) is 19.3. The van der Waals surface area contributed by atoms with Gasteiger partial charge in [0, 0.05) is 5.57 Å². The topological polar surface area (TPSA) is 37.3 Å². The number of aliphatic hydroxyl groups excluding tert-OH is 1. The first kappa shape index (κ1) is 8.78. The van der Waals surface area contributed by atoms with Gasteiger partial charge in [-0.25, -0.2) is 0 Å². The van der Waals surface area contributed by atoms with Gasteiger partial charge in [-0.3, -0.25) is 4.79 Å². The number of aliphatic hydroxyl groups is 1. The molecule has 0 unspecified atom stereocenters. The summed E-state index contributed by atoms with van der Waals surface area (Å²) >= 11 is 0. The molecular weight excluding hydrogens is 152 g/mol. The lowest BCUT2D eigenvalue weighted by molar-refractivity contribution is -0.116. The van der Waals surface area contributed by atoms with Gasteiger partial charge in [-0.15, -0.1) is 0 Å². The van der Waals surface area contributed by atoms with Gasteiger partial charge in [-0.2, -0.15) is 0 Å².